The van der Waals surface area contributed by atoms with Crippen molar-refractivity contribution in [2.24, 2.45) is 0 Å². The van der Waals surface area contributed by atoms with Gasteiger partial charge in [0.25, 0.3) is 0 Å². The summed E-state index contributed by atoms with van der Waals surface area (Å²) in [5, 5.41) is 10.1. The first kappa shape index (κ1) is 14.1. The molecule has 0 unspecified atom stereocenters. The Morgan fingerprint density at radius 2 is 1.32 bits per heavy atom. The molecule has 5 heteroatoms. The van der Waals surface area contributed by atoms with E-state index in [9.17, 15) is 17.6 Å². The van der Waals surface area contributed by atoms with Crippen molar-refractivity contribution in [1.29, 1.82) is 5.26 Å². The fourth-order valence-corrected chi connectivity index (χ4v) is 2.33. The summed E-state index contributed by atoms with van der Waals surface area (Å²) in [6, 6.07) is 12.6. The van der Waals surface area contributed by atoms with Crippen LogP contribution in [-0.4, -0.2) is 0 Å². The highest BCUT2D eigenvalue weighted by atomic mass is 19.2. The molecule has 0 spiro atoms. The Kier molecular flexibility index (Phi) is 3.30. The Balaban J connectivity index is 2.33. The van der Waals surface area contributed by atoms with Crippen molar-refractivity contribution in [2.75, 3.05) is 0 Å². The monoisotopic (exact) mass is 301 g/mol. The Bertz CT molecular complexity index is 912. The lowest BCUT2D eigenvalue weighted by atomic mass is 9.98. The fraction of sp³-hybridized carbons (Fsp3) is 0. The van der Waals surface area contributed by atoms with Crippen molar-refractivity contribution in [1.82, 2.24) is 0 Å². The van der Waals surface area contributed by atoms with Gasteiger partial charge in [-0.15, -0.1) is 0 Å². The minimum Gasteiger partial charge on any atom is -0.203 e. The van der Waals surface area contributed by atoms with E-state index < -0.39 is 34.4 Å². The van der Waals surface area contributed by atoms with Gasteiger partial charge in [0.05, 0.1) is 5.56 Å². The number of fused-ring (bicyclic) bond motifs is 1. The third-order valence-electron chi connectivity index (χ3n) is 3.41. The Hall–Kier alpha value is -2.87. The number of halogens is 4. The molecule has 0 atom stereocenters. The molecule has 0 heterocycles. The number of nitrogens with zero attached hydrogens (tertiary/aromatic N) is 1. The predicted octanol–water partition coefficient (Wildman–Crippen LogP) is 4.93. The number of benzene rings is 3. The smallest absolute Gasteiger partial charge is 0.180 e. The molecule has 0 aromatic heterocycles. The Morgan fingerprint density at radius 3 is 1.91 bits per heavy atom. The SMILES string of the molecule is N#Cc1c(F)c(F)c(-c2ccc3ccccc3c2)c(F)c1F. The standard InChI is InChI=1S/C17H7F4N/c18-14-12(8-22)15(19)17(21)13(16(14)20)11-6-5-9-3-1-2-4-10(9)7-11/h1-7H. The average Bonchev–Trinajstić information content (AvgIpc) is 2.54. The molecule has 0 saturated heterocycles. The van der Waals surface area contributed by atoms with Crippen LogP contribution < -0.4 is 0 Å². The summed E-state index contributed by atoms with van der Waals surface area (Å²) in [6.45, 7) is 0. The van der Waals surface area contributed by atoms with Gasteiger partial charge in [-0.05, 0) is 22.4 Å². The van der Waals surface area contributed by atoms with Crippen LogP contribution in [0, 0.1) is 34.6 Å². The molecule has 0 N–H and O–H groups in total. The fourth-order valence-electron chi connectivity index (χ4n) is 2.33. The molecular weight excluding hydrogens is 294 g/mol. The first-order chi connectivity index (χ1) is 10.5. The first-order valence-electron chi connectivity index (χ1n) is 6.29. The normalized spacial score (nSPS) is 10.7. The van der Waals surface area contributed by atoms with Crippen LogP contribution in [0.15, 0.2) is 42.5 Å². The zero-order valence-electron chi connectivity index (χ0n) is 11.0. The van der Waals surface area contributed by atoms with E-state index >= 15 is 0 Å². The van der Waals surface area contributed by atoms with Gasteiger partial charge in [-0.2, -0.15) is 5.26 Å². The maximum Gasteiger partial charge on any atom is 0.180 e. The zero-order chi connectivity index (χ0) is 15.9. The van der Waals surface area contributed by atoms with E-state index in [4.69, 9.17) is 5.26 Å². The van der Waals surface area contributed by atoms with E-state index in [2.05, 4.69) is 0 Å². The van der Waals surface area contributed by atoms with Gasteiger partial charge in [-0.25, -0.2) is 17.6 Å². The molecule has 0 saturated carbocycles. The van der Waals surface area contributed by atoms with E-state index in [1.165, 1.54) is 12.1 Å². The van der Waals surface area contributed by atoms with Crippen LogP contribution in [0.4, 0.5) is 17.6 Å². The van der Waals surface area contributed by atoms with E-state index in [0.717, 1.165) is 11.5 Å². The van der Waals surface area contributed by atoms with Gasteiger partial charge < -0.3 is 0 Å². The quantitative estimate of drug-likeness (QED) is 0.461. The van der Waals surface area contributed by atoms with Gasteiger partial charge in [0.2, 0.25) is 0 Å². The summed E-state index contributed by atoms with van der Waals surface area (Å²) in [6.07, 6.45) is 0. The van der Waals surface area contributed by atoms with Gasteiger partial charge in [0, 0.05) is 0 Å². The van der Waals surface area contributed by atoms with E-state index in [-0.39, 0.29) is 5.56 Å². The third-order valence-corrected chi connectivity index (χ3v) is 3.41. The molecule has 0 fully saturated rings. The van der Waals surface area contributed by atoms with E-state index in [1.54, 1.807) is 30.3 Å². The lowest BCUT2D eigenvalue weighted by Gasteiger charge is -2.10. The molecule has 3 rings (SSSR count). The Labute approximate surface area is 123 Å². The summed E-state index contributed by atoms with van der Waals surface area (Å²) < 4.78 is 55.5. The van der Waals surface area contributed by atoms with Crippen LogP contribution in [0.3, 0.4) is 0 Å². The molecule has 0 amide bonds. The van der Waals surface area contributed by atoms with Crippen molar-refractivity contribution in [3.63, 3.8) is 0 Å². The predicted molar refractivity (Wildman–Crippen MR) is 73.9 cm³/mol. The van der Waals surface area contributed by atoms with Gasteiger partial charge in [0.1, 0.15) is 11.6 Å². The summed E-state index contributed by atoms with van der Waals surface area (Å²) >= 11 is 0. The van der Waals surface area contributed by atoms with Gasteiger partial charge in [-0.1, -0.05) is 36.4 Å². The van der Waals surface area contributed by atoms with Crippen LogP contribution >= 0.6 is 0 Å². The van der Waals surface area contributed by atoms with Crippen molar-refractivity contribution in [3.8, 4) is 17.2 Å². The number of nitriles is 1. The Morgan fingerprint density at radius 1 is 0.727 bits per heavy atom. The molecular formula is C17H7F4N. The second-order valence-electron chi connectivity index (χ2n) is 4.68. The van der Waals surface area contributed by atoms with Crippen LogP contribution in [-0.2, 0) is 0 Å². The molecule has 22 heavy (non-hydrogen) atoms. The van der Waals surface area contributed by atoms with Crippen molar-refractivity contribution < 1.29 is 17.6 Å². The lowest BCUT2D eigenvalue weighted by Crippen LogP contribution is -2.03. The second kappa shape index (κ2) is 5.15. The molecule has 108 valence electrons. The van der Waals surface area contributed by atoms with Crippen LogP contribution in [0.25, 0.3) is 21.9 Å². The van der Waals surface area contributed by atoms with Crippen molar-refractivity contribution in [2.45, 2.75) is 0 Å². The van der Waals surface area contributed by atoms with Crippen LogP contribution in [0.1, 0.15) is 5.56 Å². The van der Waals surface area contributed by atoms with Gasteiger partial charge >= 0.3 is 0 Å². The second-order valence-corrected chi connectivity index (χ2v) is 4.68. The molecule has 0 aliphatic heterocycles. The molecule has 0 bridgehead atoms. The molecule has 0 aliphatic carbocycles. The maximum absolute atomic E-state index is 14.0. The van der Waals surface area contributed by atoms with Crippen LogP contribution in [0.2, 0.25) is 0 Å². The first-order valence-corrected chi connectivity index (χ1v) is 6.29. The van der Waals surface area contributed by atoms with E-state index in [0.29, 0.717) is 5.39 Å². The third kappa shape index (κ3) is 2.01. The molecule has 1 nitrogen and oxygen atoms in total. The lowest BCUT2D eigenvalue weighted by molar-refractivity contribution is 0.454. The number of hydrogen-bond donors (Lipinski definition) is 0. The molecule has 0 aliphatic rings. The van der Waals surface area contributed by atoms with Crippen molar-refractivity contribution >= 4 is 10.8 Å². The highest BCUT2D eigenvalue weighted by Crippen LogP contribution is 2.33. The average molecular weight is 301 g/mol. The maximum atomic E-state index is 14.0. The largest absolute Gasteiger partial charge is 0.203 e. The molecule has 3 aromatic rings. The highest BCUT2D eigenvalue weighted by Gasteiger charge is 2.26. The minimum atomic E-state index is -1.69. The highest BCUT2D eigenvalue weighted by molar-refractivity contribution is 5.87. The summed E-state index contributed by atoms with van der Waals surface area (Å²) in [7, 11) is 0. The minimum absolute atomic E-state index is 0.00371. The summed E-state index contributed by atoms with van der Waals surface area (Å²) in [5.74, 6) is -6.54. The zero-order valence-corrected chi connectivity index (χ0v) is 11.0. The van der Waals surface area contributed by atoms with Crippen molar-refractivity contribution in [3.05, 3.63) is 71.3 Å². The summed E-state index contributed by atoms with van der Waals surface area (Å²) in [5.41, 5.74) is -2.09. The summed E-state index contributed by atoms with van der Waals surface area (Å²) in [4.78, 5) is 0. The topological polar surface area (TPSA) is 23.8 Å². The molecule has 3 aromatic carbocycles. The number of hydrogen-bond acceptors (Lipinski definition) is 1. The van der Waals surface area contributed by atoms with Crippen LogP contribution in [0.5, 0.6) is 0 Å². The number of rotatable bonds is 1. The van der Waals surface area contributed by atoms with Gasteiger partial charge in [-0.3, -0.25) is 0 Å². The van der Waals surface area contributed by atoms with E-state index in [1.807, 2.05) is 0 Å². The molecule has 0 radical (unpaired) electrons. The van der Waals surface area contributed by atoms with Gasteiger partial charge in [0.15, 0.2) is 23.3 Å².